The number of rotatable bonds is 2. The summed E-state index contributed by atoms with van der Waals surface area (Å²) in [7, 11) is 0. The van der Waals surface area contributed by atoms with Gasteiger partial charge in [0.2, 0.25) is 0 Å². The Labute approximate surface area is 115 Å². The van der Waals surface area contributed by atoms with E-state index in [2.05, 4.69) is 36.2 Å². The minimum absolute atomic E-state index is 0.112. The molecule has 1 aromatic carbocycles. The quantitative estimate of drug-likeness (QED) is 0.872. The number of benzene rings is 1. The minimum atomic E-state index is 0.112. The van der Waals surface area contributed by atoms with Crippen molar-refractivity contribution in [2.45, 2.75) is 45.1 Å². The summed E-state index contributed by atoms with van der Waals surface area (Å²) in [4.78, 5) is 4.27. The van der Waals surface area contributed by atoms with E-state index in [1.807, 2.05) is 12.4 Å². The molecular formula is C17H22N2. The van der Waals surface area contributed by atoms with Gasteiger partial charge in [0.05, 0.1) is 0 Å². The van der Waals surface area contributed by atoms with E-state index in [1.165, 1.54) is 48.4 Å². The molecule has 1 fully saturated rings. The Morgan fingerprint density at radius 3 is 2.74 bits per heavy atom. The first-order chi connectivity index (χ1) is 9.21. The van der Waals surface area contributed by atoms with Gasteiger partial charge in [0.1, 0.15) is 0 Å². The first-order valence-electron chi connectivity index (χ1n) is 7.29. The van der Waals surface area contributed by atoms with E-state index in [-0.39, 0.29) is 11.5 Å². The third-order valence-electron chi connectivity index (χ3n) is 4.80. The summed E-state index contributed by atoms with van der Waals surface area (Å²) in [5.74, 6) is 0. The van der Waals surface area contributed by atoms with Crippen LogP contribution in [0.1, 0.15) is 50.6 Å². The van der Waals surface area contributed by atoms with Gasteiger partial charge in [-0.25, -0.2) is 0 Å². The van der Waals surface area contributed by atoms with Gasteiger partial charge in [-0.2, -0.15) is 0 Å². The molecule has 1 aliphatic rings. The van der Waals surface area contributed by atoms with Gasteiger partial charge in [-0.05, 0) is 35.3 Å². The van der Waals surface area contributed by atoms with Crippen LogP contribution < -0.4 is 5.73 Å². The number of pyridine rings is 1. The third kappa shape index (κ3) is 2.25. The highest BCUT2D eigenvalue weighted by atomic mass is 14.7. The van der Waals surface area contributed by atoms with Crippen molar-refractivity contribution in [1.29, 1.82) is 0 Å². The Morgan fingerprint density at radius 1 is 1.16 bits per heavy atom. The van der Waals surface area contributed by atoms with Crippen LogP contribution >= 0.6 is 0 Å². The fourth-order valence-electron chi connectivity index (χ4n) is 3.45. The molecule has 1 saturated carbocycles. The summed E-state index contributed by atoms with van der Waals surface area (Å²) in [6.07, 6.45) is 10.3. The number of nitrogens with two attached hydrogens (primary N) is 1. The molecule has 100 valence electrons. The van der Waals surface area contributed by atoms with Crippen molar-refractivity contribution >= 4 is 10.8 Å². The molecule has 2 nitrogen and oxygen atoms in total. The zero-order valence-corrected chi connectivity index (χ0v) is 11.6. The number of nitrogens with zero attached hydrogens (tertiary/aromatic N) is 1. The van der Waals surface area contributed by atoms with Crippen LogP contribution in [0, 0.1) is 5.41 Å². The fourth-order valence-corrected chi connectivity index (χ4v) is 3.45. The number of fused-ring (bicyclic) bond motifs is 1. The normalized spacial score (nSPS) is 20.3. The number of hydrogen-bond donors (Lipinski definition) is 1. The lowest BCUT2D eigenvalue weighted by molar-refractivity contribution is 0.171. The highest BCUT2D eigenvalue weighted by Gasteiger charge is 2.34. The summed E-state index contributed by atoms with van der Waals surface area (Å²) < 4.78 is 0. The van der Waals surface area contributed by atoms with Crippen LogP contribution in [-0.2, 0) is 0 Å². The molecule has 2 aromatic rings. The van der Waals surface area contributed by atoms with Gasteiger partial charge in [0, 0.05) is 23.8 Å². The van der Waals surface area contributed by atoms with Gasteiger partial charge in [-0.3, -0.25) is 4.98 Å². The van der Waals surface area contributed by atoms with E-state index in [9.17, 15) is 0 Å². The maximum absolute atomic E-state index is 6.64. The fraction of sp³-hybridized carbons (Fsp3) is 0.471. The van der Waals surface area contributed by atoms with Crippen LogP contribution in [-0.4, -0.2) is 4.98 Å². The van der Waals surface area contributed by atoms with Crippen molar-refractivity contribution in [2.24, 2.45) is 11.1 Å². The highest BCUT2D eigenvalue weighted by Crippen LogP contribution is 2.45. The van der Waals surface area contributed by atoms with Crippen LogP contribution in [0.4, 0.5) is 0 Å². The van der Waals surface area contributed by atoms with E-state index in [4.69, 9.17) is 5.73 Å². The number of hydrogen-bond acceptors (Lipinski definition) is 2. The standard InChI is InChI=1S/C17H22N2/c1-17(9-3-2-4-10-17)16(18)14-7-5-6-13-8-11-19-12-15(13)14/h5-8,11-12,16H,2-4,9-10,18H2,1H3. The lowest BCUT2D eigenvalue weighted by atomic mass is 9.68. The predicted molar refractivity (Wildman–Crippen MR) is 79.9 cm³/mol. The predicted octanol–water partition coefficient (Wildman–Crippen LogP) is 4.21. The second-order valence-electron chi connectivity index (χ2n) is 6.14. The van der Waals surface area contributed by atoms with E-state index >= 15 is 0 Å². The molecule has 0 aliphatic heterocycles. The second-order valence-corrected chi connectivity index (χ2v) is 6.14. The highest BCUT2D eigenvalue weighted by molar-refractivity contribution is 5.85. The minimum Gasteiger partial charge on any atom is -0.323 e. The lowest BCUT2D eigenvalue weighted by Gasteiger charge is -2.39. The van der Waals surface area contributed by atoms with Crippen molar-refractivity contribution in [1.82, 2.24) is 4.98 Å². The van der Waals surface area contributed by atoms with Gasteiger partial charge < -0.3 is 5.73 Å². The van der Waals surface area contributed by atoms with E-state index in [1.54, 1.807) is 0 Å². The maximum Gasteiger partial charge on any atom is 0.0356 e. The van der Waals surface area contributed by atoms with Gasteiger partial charge in [-0.15, -0.1) is 0 Å². The summed E-state index contributed by atoms with van der Waals surface area (Å²) in [6.45, 7) is 2.35. The first-order valence-corrected chi connectivity index (χ1v) is 7.29. The van der Waals surface area contributed by atoms with E-state index in [0.717, 1.165) is 0 Å². The first kappa shape index (κ1) is 12.6. The maximum atomic E-state index is 6.64. The molecule has 2 heteroatoms. The Balaban J connectivity index is 2.03. The van der Waals surface area contributed by atoms with Crippen LogP contribution in [0.15, 0.2) is 36.7 Å². The largest absolute Gasteiger partial charge is 0.323 e. The second kappa shape index (κ2) is 4.93. The van der Waals surface area contributed by atoms with Crippen LogP contribution in [0.2, 0.25) is 0 Å². The zero-order valence-electron chi connectivity index (χ0n) is 11.6. The van der Waals surface area contributed by atoms with Crippen LogP contribution in [0.25, 0.3) is 10.8 Å². The zero-order chi connectivity index (χ0) is 13.3. The van der Waals surface area contributed by atoms with E-state index in [0.29, 0.717) is 0 Å². The molecule has 2 N–H and O–H groups in total. The van der Waals surface area contributed by atoms with E-state index < -0.39 is 0 Å². The van der Waals surface area contributed by atoms with Gasteiger partial charge in [-0.1, -0.05) is 44.4 Å². The molecule has 1 unspecified atom stereocenters. The molecule has 19 heavy (non-hydrogen) atoms. The molecule has 0 amide bonds. The summed E-state index contributed by atoms with van der Waals surface area (Å²) in [5.41, 5.74) is 8.14. The number of aromatic nitrogens is 1. The smallest absolute Gasteiger partial charge is 0.0356 e. The molecule has 1 aliphatic carbocycles. The average Bonchev–Trinajstić information content (AvgIpc) is 2.47. The molecule has 1 atom stereocenters. The molecule has 0 saturated heterocycles. The Hall–Kier alpha value is -1.41. The Kier molecular flexibility index (Phi) is 3.28. The van der Waals surface area contributed by atoms with Gasteiger partial charge >= 0.3 is 0 Å². The SMILES string of the molecule is CC1(C(N)c2cccc3ccncc23)CCCCC1. The van der Waals surface area contributed by atoms with Crippen molar-refractivity contribution in [3.8, 4) is 0 Å². The molecule has 0 spiro atoms. The molecule has 1 heterocycles. The van der Waals surface area contributed by atoms with Crippen molar-refractivity contribution in [3.05, 3.63) is 42.2 Å². The van der Waals surface area contributed by atoms with Crippen LogP contribution in [0.3, 0.4) is 0 Å². The summed E-state index contributed by atoms with van der Waals surface area (Å²) >= 11 is 0. The van der Waals surface area contributed by atoms with Gasteiger partial charge in [0.15, 0.2) is 0 Å². The monoisotopic (exact) mass is 254 g/mol. The average molecular weight is 254 g/mol. The topological polar surface area (TPSA) is 38.9 Å². The van der Waals surface area contributed by atoms with Crippen molar-refractivity contribution in [3.63, 3.8) is 0 Å². The molecule has 0 radical (unpaired) electrons. The Bertz CT molecular complexity index is 565. The molecule has 3 rings (SSSR count). The lowest BCUT2D eigenvalue weighted by Crippen LogP contribution is -2.34. The van der Waals surface area contributed by atoms with Gasteiger partial charge in [0.25, 0.3) is 0 Å². The van der Waals surface area contributed by atoms with Crippen LogP contribution in [0.5, 0.6) is 0 Å². The Morgan fingerprint density at radius 2 is 1.95 bits per heavy atom. The third-order valence-corrected chi connectivity index (χ3v) is 4.80. The summed E-state index contributed by atoms with van der Waals surface area (Å²) in [6, 6.07) is 8.60. The molecule has 0 bridgehead atoms. The van der Waals surface area contributed by atoms with Crippen molar-refractivity contribution in [2.75, 3.05) is 0 Å². The molecule has 1 aromatic heterocycles. The van der Waals surface area contributed by atoms with Crippen molar-refractivity contribution < 1.29 is 0 Å². The summed E-state index contributed by atoms with van der Waals surface area (Å²) in [5, 5.41) is 2.45. The molecular weight excluding hydrogens is 232 g/mol.